The molecule has 3 aliphatic rings. The summed E-state index contributed by atoms with van der Waals surface area (Å²) in [6.07, 6.45) is 10.3. The fourth-order valence-corrected chi connectivity index (χ4v) is 11.9. The molecular weight excluding hydrogens is 1190 g/mol. The number of nitrogens with zero attached hydrogens (tertiary/aromatic N) is 8. The molecule has 6 rings (SSSR count). The third-order valence-electron chi connectivity index (χ3n) is 17.2. The predicted octanol–water partition coefficient (Wildman–Crippen LogP) is 5.00. The van der Waals surface area contributed by atoms with Gasteiger partial charge in [0.15, 0.2) is 5.78 Å². The van der Waals surface area contributed by atoms with Gasteiger partial charge in [0.25, 0.3) is 5.92 Å². The second-order valence-electron chi connectivity index (χ2n) is 24.5. The summed E-state index contributed by atoms with van der Waals surface area (Å²) in [6.45, 7) is 4.41. The number of amides is 5. The zero-order chi connectivity index (χ0) is 66.4. The lowest BCUT2D eigenvalue weighted by Crippen LogP contribution is -2.52. The summed E-state index contributed by atoms with van der Waals surface area (Å²) in [5.74, 6) is -7.14. The summed E-state index contributed by atoms with van der Waals surface area (Å²) in [6, 6.07) is 14.6. The second kappa shape index (κ2) is 38.3. The first-order valence-corrected chi connectivity index (χ1v) is 32.5. The van der Waals surface area contributed by atoms with Crippen molar-refractivity contribution in [2.45, 2.75) is 141 Å². The first-order valence-electron chi connectivity index (χ1n) is 32.5. The number of likely N-dealkylation sites (tertiary alicyclic amines) is 2. The molecule has 3 aromatic rings. The summed E-state index contributed by atoms with van der Waals surface area (Å²) in [5, 5.41) is 47.5. The molecule has 504 valence electrons. The third kappa shape index (κ3) is 26.5. The van der Waals surface area contributed by atoms with Crippen molar-refractivity contribution < 1.29 is 72.0 Å². The number of piperidine rings is 1. The van der Waals surface area contributed by atoms with E-state index in [9.17, 15) is 72.5 Å². The molecule has 2 atom stereocenters. The largest absolute Gasteiger partial charge is 0.494 e. The number of fused-ring (bicyclic) bond motifs is 1. The number of Topliss-reactive ketones (excluding diaryl/α,β-unsaturated/α-hetero) is 1. The van der Waals surface area contributed by atoms with E-state index in [1.165, 1.54) is 11.8 Å². The first-order chi connectivity index (χ1) is 44.1. The van der Waals surface area contributed by atoms with Gasteiger partial charge in [-0.05, 0) is 113 Å². The zero-order valence-electron chi connectivity index (χ0n) is 53.1. The first kappa shape index (κ1) is 73.3. The molecule has 3 aliphatic heterocycles. The van der Waals surface area contributed by atoms with Crippen molar-refractivity contribution in [3.8, 4) is 11.8 Å². The number of nitriles is 1. The topological polar surface area (TPSA) is 316 Å². The number of carbonyl (C=O) groups excluding carboxylic acids is 6. The number of unbranched alkanes of at least 4 members (excludes halogenated alkanes) is 4. The van der Waals surface area contributed by atoms with E-state index in [1.54, 1.807) is 49.9 Å². The standard InChI is InChI=1S/C66H93F2N11O13/c1-48-15-17-49(18-16-48)11-9-13-58(81)71-26-7-4-12-56(73-59(82)43-74-31-33-75(44-62(85)86)35-37-77(46-64(89)90)38-36-76(34-32-74)45-63(87)88)65(91)72-27-6-2-3-14-60(83)78-29-24-50(25-30-78)10-5-8-39-92-52-19-20-55-54(40-52)53(23-28-70-55)57(80)21-22-61(84)79-47-66(67,68)41-51(79)42-69/h15-20,23,28,40,50-51,56H,2-14,21-22,24-27,29-39,41,43-47H2,1H3,(H,71,81)(H,72,91)(H,73,82)(H,85,86)(H,87,88)(H,89,90)/t51-,56?/m1/s1. The Labute approximate surface area is 537 Å². The number of benzene rings is 2. The van der Waals surface area contributed by atoms with Gasteiger partial charge in [0.1, 0.15) is 17.8 Å². The van der Waals surface area contributed by atoms with Gasteiger partial charge in [-0.1, -0.05) is 42.7 Å². The van der Waals surface area contributed by atoms with Crippen LogP contribution in [0.3, 0.4) is 0 Å². The zero-order valence-corrected chi connectivity index (χ0v) is 53.1. The van der Waals surface area contributed by atoms with Crippen molar-refractivity contribution in [1.29, 1.82) is 5.26 Å². The van der Waals surface area contributed by atoms with Gasteiger partial charge in [0.05, 0.1) is 50.9 Å². The monoisotopic (exact) mass is 1290 g/mol. The number of carbonyl (C=O) groups is 9. The summed E-state index contributed by atoms with van der Waals surface area (Å²) < 4.78 is 33.9. The third-order valence-corrected chi connectivity index (χ3v) is 17.2. The second-order valence-corrected chi connectivity index (χ2v) is 24.5. The molecule has 1 unspecified atom stereocenters. The van der Waals surface area contributed by atoms with Gasteiger partial charge in [0.2, 0.25) is 29.5 Å². The Balaban J connectivity index is 0.908. The molecule has 26 heteroatoms. The highest BCUT2D eigenvalue weighted by Crippen LogP contribution is 2.33. The number of ether oxygens (including phenoxy) is 1. The van der Waals surface area contributed by atoms with Crippen LogP contribution < -0.4 is 20.7 Å². The summed E-state index contributed by atoms with van der Waals surface area (Å²) >= 11 is 0. The van der Waals surface area contributed by atoms with Crippen LogP contribution in [0, 0.1) is 24.2 Å². The van der Waals surface area contributed by atoms with Crippen LogP contribution in [0.15, 0.2) is 54.7 Å². The highest BCUT2D eigenvalue weighted by atomic mass is 19.3. The lowest BCUT2D eigenvalue weighted by atomic mass is 9.91. The Bertz CT molecular complexity index is 2950. The van der Waals surface area contributed by atoms with Crippen LogP contribution in [0.2, 0.25) is 0 Å². The van der Waals surface area contributed by atoms with Crippen LogP contribution in [-0.2, 0) is 44.8 Å². The average Bonchev–Trinajstić information content (AvgIpc) is 1.26. The van der Waals surface area contributed by atoms with E-state index in [2.05, 4.69) is 33.1 Å². The van der Waals surface area contributed by atoms with E-state index in [1.807, 2.05) is 24.0 Å². The van der Waals surface area contributed by atoms with Crippen LogP contribution in [0.25, 0.3) is 10.9 Å². The molecule has 6 N–H and O–H groups in total. The molecule has 1 aromatic heterocycles. The Morgan fingerprint density at radius 2 is 1.27 bits per heavy atom. The van der Waals surface area contributed by atoms with Crippen LogP contribution in [-0.4, -0.2) is 239 Å². The molecule has 5 amide bonds. The number of hydrogen-bond acceptors (Lipinski definition) is 16. The maximum absolute atomic E-state index is 13.9. The number of rotatable bonds is 35. The molecule has 92 heavy (non-hydrogen) atoms. The number of carboxylic acid groups (broad SMARTS) is 3. The average molecular weight is 1290 g/mol. The smallest absolute Gasteiger partial charge is 0.317 e. The summed E-state index contributed by atoms with van der Waals surface area (Å²) in [5.41, 5.74) is 3.23. The predicted molar refractivity (Wildman–Crippen MR) is 338 cm³/mol. The number of pyridine rings is 1. The Morgan fingerprint density at radius 1 is 0.663 bits per heavy atom. The SMILES string of the molecule is Cc1ccc(CCCC(=O)NCCCCC(NC(=O)CN2CCN(CC(=O)O)CCN(CC(=O)O)CCN(CC(=O)O)CC2)C(=O)NCCCCCC(=O)N2CCC(CCCCOc3ccc4nccc(C(=O)CCC(=O)N5CC(F)(F)C[C@@H]5C#N)c4c3)CC2)cc1. The van der Waals surface area contributed by atoms with Gasteiger partial charge >= 0.3 is 17.9 Å². The van der Waals surface area contributed by atoms with Crippen LogP contribution >= 0.6 is 0 Å². The lowest BCUT2D eigenvalue weighted by Gasteiger charge is -2.33. The van der Waals surface area contributed by atoms with E-state index in [4.69, 9.17) is 4.74 Å². The van der Waals surface area contributed by atoms with Crippen molar-refractivity contribution in [2.24, 2.45) is 5.92 Å². The normalized spacial score (nSPS) is 17.6. The van der Waals surface area contributed by atoms with E-state index in [-0.39, 0.29) is 121 Å². The minimum absolute atomic E-state index is 0.0659. The molecule has 0 saturated carbocycles. The van der Waals surface area contributed by atoms with E-state index >= 15 is 0 Å². The number of ketones is 1. The number of alkyl halides is 2. The Morgan fingerprint density at radius 3 is 1.89 bits per heavy atom. The molecular formula is C66H93F2N11O13. The molecule has 0 radical (unpaired) electrons. The molecule has 0 aliphatic carbocycles. The number of carboxylic acids is 3. The van der Waals surface area contributed by atoms with Gasteiger partial charge in [-0.15, -0.1) is 0 Å². The minimum Gasteiger partial charge on any atom is -0.494 e. The van der Waals surface area contributed by atoms with Gasteiger partial charge < -0.3 is 45.8 Å². The fourth-order valence-electron chi connectivity index (χ4n) is 11.9. The maximum atomic E-state index is 13.9. The van der Waals surface area contributed by atoms with E-state index in [0.29, 0.717) is 112 Å². The van der Waals surface area contributed by atoms with Crippen molar-refractivity contribution >= 4 is 64.1 Å². The van der Waals surface area contributed by atoms with Crippen molar-refractivity contribution in [3.63, 3.8) is 0 Å². The Hall–Kier alpha value is -7.73. The van der Waals surface area contributed by atoms with Crippen LogP contribution in [0.5, 0.6) is 5.75 Å². The number of aryl methyl sites for hydroxylation is 2. The Kier molecular flexibility index (Phi) is 30.5. The highest BCUT2D eigenvalue weighted by molar-refractivity contribution is 6.08. The lowest BCUT2D eigenvalue weighted by molar-refractivity contribution is -0.140. The molecule has 0 bridgehead atoms. The fraction of sp³-hybridized carbons (Fsp3) is 0.621. The number of hydrogen-bond donors (Lipinski definition) is 6. The van der Waals surface area contributed by atoms with Crippen molar-refractivity contribution in [1.82, 2.24) is 50.3 Å². The molecule has 4 heterocycles. The van der Waals surface area contributed by atoms with E-state index in [0.717, 1.165) is 49.0 Å². The molecule has 3 saturated heterocycles. The van der Waals surface area contributed by atoms with Crippen LogP contribution in [0.4, 0.5) is 8.78 Å². The molecule has 24 nitrogen and oxygen atoms in total. The van der Waals surface area contributed by atoms with Gasteiger partial charge in [-0.2, -0.15) is 5.26 Å². The number of aliphatic carboxylic acids is 3. The van der Waals surface area contributed by atoms with Gasteiger partial charge in [0, 0.05) is 128 Å². The van der Waals surface area contributed by atoms with Gasteiger partial charge in [-0.3, -0.25) is 67.7 Å². The van der Waals surface area contributed by atoms with Gasteiger partial charge in [-0.25, -0.2) is 8.78 Å². The van der Waals surface area contributed by atoms with Crippen LogP contribution in [0.1, 0.15) is 131 Å². The van der Waals surface area contributed by atoms with Crippen molar-refractivity contribution in [3.05, 3.63) is 71.4 Å². The molecule has 3 fully saturated rings. The quantitative estimate of drug-likeness (QED) is 0.0333. The van der Waals surface area contributed by atoms with Crippen molar-refractivity contribution in [2.75, 3.05) is 118 Å². The highest BCUT2D eigenvalue weighted by Gasteiger charge is 2.47. The number of aromatic nitrogens is 1. The molecule has 0 spiro atoms. The molecule has 2 aromatic carbocycles. The maximum Gasteiger partial charge on any atom is 0.317 e. The summed E-state index contributed by atoms with van der Waals surface area (Å²) in [4.78, 5) is 129. The number of halogens is 2. The minimum atomic E-state index is -3.14. The number of nitrogens with one attached hydrogen (secondary N) is 3. The van der Waals surface area contributed by atoms with E-state index < -0.39 is 60.7 Å². The summed E-state index contributed by atoms with van der Waals surface area (Å²) in [7, 11) is 0.